The molecule has 0 atom stereocenters. The van der Waals surface area contributed by atoms with Gasteiger partial charge in [-0.05, 0) is 12.5 Å². The highest BCUT2D eigenvalue weighted by Crippen LogP contribution is 2.28. The lowest BCUT2D eigenvalue weighted by Gasteiger charge is -2.08. The lowest BCUT2D eigenvalue weighted by atomic mass is 10.2. The van der Waals surface area contributed by atoms with E-state index in [0.29, 0.717) is 24.6 Å². The number of methoxy groups -OCH3 is 2. The molecule has 6 nitrogen and oxygen atoms in total. The molecule has 1 rings (SSSR count). The molecular formula is C11H16N2O4. The number of ether oxygens (including phenoxy) is 2. The Morgan fingerprint density at radius 1 is 1.41 bits per heavy atom. The Morgan fingerprint density at radius 2 is 2.18 bits per heavy atom. The van der Waals surface area contributed by atoms with Crippen LogP contribution in [0.4, 0.5) is 11.4 Å². The Morgan fingerprint density at radius 3 is 2.76 bits per heavy atom. The minimum absolute atomic E-state index is 0.0446. The van der Waals surface area contributed by atoms with Gasteiger partial charge in [0.05, 0.1) is 12.0 Å². The fourth-order valence-corrected chi connectivity index (χ4v) is 1.38. The van der Waals surface area contributed by atoms with E-state index in [-0.39, 0.29) is 5.69 Å². The molecule has 0 aliphatic rings. The maximum Gasteiger partial charge on any atom is 0.292 e. The van der Waals surface area contributed by atoms with Crippen LogP contribution in [0.1, 0.15) is 6.42 Å². The quantitative estimate of drug-likeness (QED) is 0.448. The molecule has 0 radical (unpaired) electrons. The zero-order chi connectivity index (χ0) is 12.7. The standard InChI is InChI=1S/C11H16N2O4/c1-16-7-3-6-12-10-8-9(17-2)4-5-11(10)13(14)15/h4-5,8,12H,3,6-7H2,1-2H3. The summed E-state index contributed by atoms with van der Waals surface area (Å²) in [5.41, 5.74) is 0.508. The van der Waals surface area contributed by atoms with Crippen molar-refractivity contribution < 1.29 is 14.4 Å². The smallest absolute Gasteiger partial charge is 0.292 e. The zero-order valence-corrected chi connectivity index (χ0v) is 9.93. The molecule has 0 saturated heterocycles. The molecule has 6 heteroatoms. The van der Waals surface area contributed by atoms with Gasteiger partial charge in [0.1, 0.15) is 11.4 Å². The van der Waals surface area contributed by atoms with Gasteiger partial charge in [-0.1, -0.05) is 0 Å². The summed E-state index contributed by atoms with van der Waals surface area (Å²) in [6.07, 6.45) is 0.783. The molecule has 0 saturated carbocycles. The van der Waals surface area contributed by atoms with Gasteiger partial charge in [0.2, 0.25) is 0 Å². The Balaban J connectivity index is 2.75. The summed E-state index contributed by atoms with van der Waals surface area (Å²) in [4.78, 5) is 10.4. The third kappa shape index (κ3) is 3.92. The molecule has 0 aliphatic heterocycles. The van der Waals surface area contributed by atoms with E-state index < -0.39 is 4.92 Å². The van der Waals surface area contributed by atoms with Crippen LogP contribution in [0.5, 0.6) is 5.75 Å². The SMILES string of the molecule is COCCCNc1cc(OC)ccc1[N+](=O)[O-]. The molecule has 94 valence electrons. The van der Waals surface area contributed by atoms with Crippen LogP contribution in [0.25, 0.3) is 0 Å². The first kappa shape index (κ1) is 13.2. The van der Waals surface area contributed by atoms with Gasteiger partial charge in [-0.25, -0.2) is 0 Å². The molecule has 1 aromatic rings. The maximum absolute atomic E-state index is 10.8. The third-order valence-corrected chi connectivity index (χ3v) is 2.24. The molecule has 0 aliphatic carbocycles. The summed E-state index contributed by atoms with van der Waals surface area (Å²) in [5, 5.41) is 13.8. The average molecular weight is 240 g/mol. The highest BCUT2D eigenvalue weighted by Gasteiger charge is 2.13. The first-order chi connectivity index (χ1) is 8.19. The van der Waals surface area contributed by atoms with Gasteiger partial charge in [0, 0.05) is 32.4 Å². The summed E-state index contributed by atoms with van der Waals surface area (Å²) in [6, 6.07) is 4.61. The number of anilines is 1. The lowest BCUT2D eigenvalue weighted by molar-refractivity contribution is -0.384. The van der Waals surface area contributed by atoms with Gasteiger partial charge >= 0.3 is 0 Å². The fraction of sp³-hybridized carbons (Fsp3) is 0.455. The molecule has 0 amide bonds. The van der Waals surface area contributed by atoms with E-state index >= 15 is 0 Å². The average Bonchev–Trinajstić information content (AvgIpc) is 2.34. The van der Waals surface area contributed by atoms with Gasteiger partial charge in [-0.3, -0.25) is 10.1 Å². The third-order valence-electron chi connectivity index (χ3n) is 2.24. The molecule has 17 heavy (non-hydrogen) atoms. The second kappa shape index (κ2) is 6.70. The normalized spacial score (nSPS) is 10.0. The van der Waals surface area contributed by atoms with E-state index in [0.717, 1.165) is 6.42 Å². The van der Waals surface area contributed by atoms with Crippen LogP contribution < -0.4 is 10.1 Å². The largest absolute Gasteiger partial charge is 0.497 e. The van der Waals surface area contributed by atoms with Crippen molar-refractivity contribution >= 4 is 11.4 Å². The summed E-state index contributed by atoms with van der Waals surface area (Å²) >= 11 is 0. The van der Waals surface area contributed by atoms with Crippen molar-refractivity contribution in [1.82, 2.24) is 0 Å². The molecule has 0 aromatic heterocycles. The van der Waals surface area contributed by atoms with Crippen LogP contribution in [-0.4, -0.2) is 32.3 Å². The van der Waals surface area contributed by atoms with Gasteiger partial charge in [0.15, 0.2) is 0 Å². The summed E-state index contributed by atoms with van der Waals surface area (Å²) in [7, 11) is 3.14. The number of hydrogen-bond acceptors (Lipinski definition) is 5. The molecule has 1 N–H and O–H groups in total. The van der Waals surface area contributed by atoms with Crippen molar-refractivity contribution in [1.29, 1.82) is 0 Å². The van der Waals surface area contributed by atoms with Crippen LogP contribution in [0.2, 0.25) is 0 Å². The summed E-state index contributed by atoms with van der Waals surface area (Å²) in [5.74, 6) is 0.588. The van der Waals surface area contributed by atoms with Crippen molar-refractivity contribution in [3.05, 3.63) is 28.3 Å². The number of nitrogens with one attached hydrogen (secondary N) is 1. The Bertz CT molecular complexity index is 382. The van der Waals surface area contributed by atoms with E-state index in [9.17, 15) is 10.1 Å². The first-order valence-electron chi connectivity index (χ1n) is 5.24. The number of nitro groups is 1. The van der Waals surface area contributed by atoms with Gasteiger partial charge in [0.25, 0.3) is 5.69 Å². The maximum atomic E-state index is 10.8. The van der Waals surface area contributed by atoms with Crippen LogP contribution in [-0.2, 0) is 4.74 Å². The number of hydrogen-bond donors (Lipinski definition) is 1. The van der Waals surface area contributed by atoms with E-state index in [2.05, 4.69) is 5.32 Å². The van der Waals surface area contributed by atoms with Crippen molar-refractivity contribution in [3.63, 3.8) is 0 Å². The number of rotatable bonds is 7. The molecule has 0 heterocycles. The Hall–Kier alpha value is -1.82. The molecule has 0 fully saturated rings. The molecule has 0 bridgehead atoms. The summed E-state index contributed by atoms with van der Waals surface area (Å²) < 4.78 is 9.93. The molecular weight excluding hydrogens is 224 g/mol. The predicted molar refractivity (Wildman–Crippen MR) is 64.6 cm³/mol. The van der Waals surface area contributed by atoms with Crippen LogP contribution in [0, 0.1) is 10.1 Å². The Kier molecular flexibility index (Phi) is 5.22. The second-order valence-electron chi connectivity index (χ2n) is 3.41. The van der Waals surface area contributed by atoms with Crippen molar-refractivity contribution in [2.24, 2.45) is 0 Å². The van der Waals surface area contributed by atoms with E-state index in [4.69, 9.17) is 9.47 Å². The minimum atomic E-state index is -0.419. The topological polar surface area (TPSA) is 73.6 Å². The molecule has 0 unspecified atom stereocenters. The fourth-order valence-electron chi connectivity index (χ4n) is 1.38. The van der Waals surface area contributed by atoms with E-state index in [1.165, 1.54) is 13.2 Å². The number of benzene rings is 1. The van der Waals surface area contributed by atoms with Crippen LogP contribution >= 0.6 is 0 Å². The van der Waals surface area contributed by atoms with Gasteiger partial charge < -0.3 is 14.8 Å². The molecule has 0 spiro atoms. The number of nitrogens with zero attached hydrogens (tertiary/aromatic N) is 1. The molecule has 1 aromatic carbocycles. The number of nitro benzene ring substituents is 1. The highest BCUT2D eigenvalue weighted by molar-refractivity contribution is 5.64. The van der Waals surface area contributed by atoms with Gasteiger partial charge in [-0.15, -0.1) is 0 Å². The highest BCUT2D eigenvalue weighted by atomic mass is 16.6. The first-order valence-corrected chi connectivity index (χ1v) is 5.24. The minimum Gasteiger partial charge on any atom is -0.497 e. The van der Waals surface area contributed by atoms with Crippen molar-refractivity contribution in [2.45, 2.75) is 6.42 Å². The van der Waals surface area contributed by atoms with Crippen molar-refractivity contribution in [3.8, 4) is 5.75 Å². The second-order valence-corrected chi connectivity index (χ2v) is 3.41. The van der Waals surface area contributed by atoms with Crippen LogP contribution in [0.3, 0.4) is 0 Å². The zero-order valence-electron chi connectivity index (χ0n) is 9.93. The van der Waals surface area contributed by atoms with Crippen molar-refractivity contribution in [2.75, 3.05) is 32.7 Å². The monoisotopic (exact) mass is 240 g/mol. The lowest BCUT2D eigenvalue weighted by Crippen LogP contribution is -2.06. The van der Waals surface area contributed by atoms with E-state index in [1.807, 2.05) is 0 Å². The summed E-state index contributed by atoms with van der Waals surface area (Å²) in [6.45, 7) is 1.23. The van der Waals surface area contributed by atoms with Gasteiger partial charge in [-0.2, -0.15) is 0 Å². The predicted octanol–water partition coefficient (Wildman–Crippen LogP) is 2.05. The Labute approximate surface area is 99.7 Å². The van der Waals surface area contributed by atoms with Crippen LogP contribution in [0.15, 0.2) is 18.2 Å². The van der Waals surface area contributed by atoms with E-state index in [1.54, 1.807) is 19.2 Å².